The quantitative estimate of drug-likeness (QED) is 0.513. The number of fused-ring (bicyclic) bond motifs is 2. The fourth-order valence-corrected chi connectivity index (χ4v) is 2.41. The Morgan fingerprint density at radius 2 is 1.80 bits per heavy atom. The van der Waals surface area contributed by atoms with Crippen LogP contribution in [-0.4, -0.2) is 21.3 Å². The van der Waals surface area contributed by atoms with Crippen molar-refractivity contribution in [2.45, 2.75) is 20.4 Å². The van der Waals surface area contributed by atoms with Crippen LogP contribution in [0.15, 0.2) is 24.3 Å². The Bertz CT molecular complexity index is 731. The van der Waals surface area contributed by atoms with Crippen LogP contribution in [0, 0.1) is 11.1 Å². The Morgan fingerprint density at radius 3 is 2.40 bits per heavy atom. The lowest BCUT2D eigenvalue weighted by Crippen LogP contribution is -2.42. The van der Waals surface area contributed by atoms with Gasteiger partial charge in [0.25, 0.3) is 0 Å². The van der Waals surface area contributed by atoms with Crippen LogP contribution in [0.25, 0.3) is 0 Å². The zero-order chi connectivity index (χ0) is 14.4. The normalized spacial score (nSPS) is 13.6. The molecule has 1 aliphatic carbocycles. The maximum Gasteiger partial charge on any atom is 0.220 e. The largest absolute Gasteiger partial charge is 0.571 e. The van der Waals surface area contributed by atoms with E-state index in [-0.39, 0.29) is 28.9 Å². The molecule has 1 aliphatic rings. The van der Waals surface area contributed by atoms with E-state index in [9.17, 15) is 14.8 Å². The highest BCUT2D eigenvalue weighted by molar-refractivity contribution is 6.26. The van der Waals surface area contributed by atoms with Gasteiger partial charge in [-0.1, -0.05) is 38.1 Å². The zero-order valence-electron chi connectivity index (χ0n) is 11.2. The van der Waals surface area contributed by atoms with Crippen LogP contribution >= 0.6 is 0 Å². The number of ketones is 2. The van der Waals surface area contributed by atoms with Crippen molar-refractivity contribution in [1.82, 2.24) is 9.78 Å². The minimum absolute atomic E-state index is 0.0515. The molecule has 0 aliphatic heterocycles. The molecule has 0 atom stereocenters. The summed E-state index contributed by atoms with van der Waals surface area (Å²) < 4.78 is 1.23. The fraction of sp³-hybridized carbons (Fsp3) is 0.286. The molecular weight excluding hydrogens is 258 g/mol. The second-order valence-corrected chi connectivity index (χ2v) is 5.23. The van der Waals surface area contributed by atoms with Crippen molar-refractivity contribution in [1.29, 1.82) is 0 Å². The molecule has 0 saturated heterocycles. The molecule has 0 amide bonds. The van der Waals surface area contributed by atoms with Gasteiger partial charge in [0, 0.05) is 21.2 Å². The maximum atomic E-state index is 12.5. The van der Waals surface area contributed by atoms with Crippen molar-refractivity contribution in [2.24, 2.45) is 5.92 Å². The molecule has 0 fully saturated rings. The lowest BCUT2D eigenvalue weighted by molar-refractivity contribution is -0.750. The van der Waals surface area contributed by atoms with Crippen molar-refractivity contribution >= 4 is 11.6 Å². The van der Waals surface area contributed by atoms with Crippen LogP contribution in [0.4, 0.5) is 0 Å². The summed E-state index contributed by atoms with van der Waals surface area (Å²) in [6.07, 6.45) is 0. The first-order valence-corrected chi connectivity index (χ1v) is 6.39. The summed E-state index contributed by atoms with van der Waals surface area (Å²) in [6.45, 7) is 4.19. The number of aromatic nitrogens is 3. The van der Waals surface area contributed by atoms with Gasteiger partial charge in [0.05, 0.1) is 6.54 Å². The maximum absolute atomic E-state index is 12.5. The highest BCUT2D eigenvalue weighted by Crippen LogP contribution is 2.25. The van der Waals surface area contributed by atoms with Gasteiger partial charge in [-0.2, -0.15) is 0 Å². The van der Waals surface area contributed by atoms with Gasteiger partial charge in [0.2, 0.25) is 17.3 Å². The third kappa shape index (κ3) is 1.65. The summed E-state index contributed by atoms with van der Waals surface area (Å²) in [5.41, 5.74) is 0.678. The molecule has 6 nitrogen and oxygen atoms in total. The average Bonchev–Trinajstić information content (AvgIpc) is 2.73. The minimum atomic E-state index is -0.373. The van der Waals surface area contributed by atoms with Crippen LogP contribution in [0.1, 0.15) is 46.0 Å². The Hall–Kier alpha value is -2.50. The zero-order valence-corrected chi connectivity index (χ0v) is 11.2. The molecule has 1 aromatic carbocycles. The van der Waals surface area contributed by atoms with Crippen molar-refractivity contribution < 1.29 is 14.5 Å². The van der Waals surface area contributed by atoms with Crippen molar-refractivity contribution in [2.75, 3.05) is 0 Å². The number of benzene rings is 1. The SMILES string of the molecule is CC(C)Cn1c2c(n[n+]1[O-])C(=O)c1ccccc1C2=O. The molecular formula is C14H13N3O3. The summed E-state index contributed by atoms with van der Waals surface area (Å²) >= 11 is 0. The van der Waals surface area contributed by atoms with E-state index in [1.165, 1.54) is 4.68 Å². The average molecular weight is 271 g/mol. The smallest absolute Gasteiger partial charge is 0.220 e. The Labute approximate surface area is 115 Å². The Morgan fingerprint density at radius 1 is 1.20 bits per heavy atom. The number of hydrogen-bond donors (Lipinski definition) is 0. The van der Waals surface area contributed by atoms with E-state index in [0.717, 1.165) is 0 Å². The van der Waals surface area contributed by atoms with Crippen LogP contribution in [0.2, 0.25) is 0 Å². The molecule has 3 rings (SSSR count). The van der Waals surface area contributed by atoms with E-state index in [2.05, 4.69) is 5.10 Å². The van der Waals surface area contributed by atoms with Gasteiger partial charge in [0.15, 0.2) is 5.69 Å². The van der Waals surface area contributed by atoms with Gasteiger partial charge in [-0.3, -0.25) is 9.59 Å². The third-order valence-corrected chi connectivity index (χ3v) is 3.26. The predicted molar refractivity (Wildman–Crippen MR) is 69.3 cm³/mol. The molecule has 0 N–H and O–H groups in total. The number of carbonyl (C=O) groups is 2. The Kier molecular flexibility index (Phi) is 2.67. The number of carbonyl (C=O) groups excluding carboxylic acids is 2. The van der Waals surface area contributed by atoms with Gasteiger partial charge in [-0.05, 0) is 5.92 Å². The molecule has 2 aromatic rings. The summed E-state index contributed by atoms with van der Waals surface area (Å²) in [5.74, 6) is -0.533. The highest BCUT2D eigenvalue weighted by atomic mass is 16.5. The van der Waals surface area contributed by atoms with Gasteiger partial charge >= 0.3 is 0 Å². The monoisotopic (exact) mass is 271 g/mol. The second-order valence-electron chi connectivity index (χ2n) is 5.23. The van der Waals surface area contributed by atoms with E-state index in [0.29, 0.717) is 22.6 Å². The molecule has 0 spiro atoms. The first kappa shape index (κ1) is 12.5. The van der Waals surface area contributed by atoms with Crippen LogP contribution in [0.3, 0.4) is 0 Å². The number of nitrogens with zero attached hydrogens (tertiary/aromatic N) is 3. The molecule has 0 saturated carbocycles. The van der Waals surface area contributed by atoms with E-state index >= 15 is 0 Å². The van der Waals surface area contributed by atoms with E-state index in [1.807, 2.05) is 13.8 Å². The lowest BCUT2D eigenvalue weighted by Gasteiger charge is -2.13. The molecule has 20 heavy (non-hydrogen) atoms. The number of hydrogen-bond acceptors (Lipinski definition) is 4. The molecule has 0 radical (unpaired) electrons. The number of rotatable bonds is 2. The van der Waals surface area contributed by atoms with E-state index in [4.69, 9.17) is 0 Å². The molecule has 1 aromatic heterocycles. The lowest BCUT2D eigenvalue weighted by atomic mass is 9.90. The minimum Gasteiger partial charge on any atom is -0.571 e. The molecule has 0 bridgehead atoms. The summed E-state index contributed by atoms with van der Waals surface area (Å²) in [5, 5.41) is 15.5. The topological polar surface area (TPSA) is 78.9 Å². The first-order valence-electron chi connectivity index (χ1n) is 6.39. The van der Waals surface area contributed by atoms with Gasteiger partial charge in [0.1, 0.15) is 0 Å². The molecule has 102 valence electrons. The highest BCUT2D eigenvalue weighted by Gasteiger charge is 2.39. The Balaban J connectivity index is 2.23. The van der Waals surface area contributed by atoms with Crippen LogP contribution < -0.4 is 4.96 Å². The van der Waals surface area contributed by atoms with E-state index < -0.39 is 0 Å². The van der Waals surface area contributed by atoms with Crippen LogP contribution in [0.5, 0.6) is 0 Å². The first-order chi connectivity index (χ1) is 9.50. The third-order valence-electron chi connectivity index (χ3n) is 3.26. The summed E-state index contributed by atoms with van der Waals surface area (Å²) in [7, 11) is 0. The molecule has 0 unspecified atom stereocenters. The van der Waals surface area contributed by atoms with Gasteiger partial charge in [-0.25, -0.2) is 0 Å². The summed E-state index contributed by atoms with van der Waals surface area (Å²) in [4.78, 5) is 25.2. The second kappa shape index (κ2) is 4.26. The predicted octanol–water partition coefficient (Wildman–Crippen LogP) is 0.948. The van der Waals surface area contributed by atoms with Crippen molar-refractivity contribution in [3.05, 3.63) is 52.0 Å². The fourth-order valence-electron chi connectivity index (χ4n) is 2.41. The summed E-state index contributed by atoms with van der Waals surface area (Å²) in [6, 6.07) is 6.56. The molecule has 6 heteroatoms. The van der Waals surface area contributed by atoms with Crippen molar-refractivity contribution in [3.63, 3.8) is 0 Å². The van der Waals surface area contributed by atoms with Crippen molar-refractivity contribution in [3.8, 4) is 0 Å². The van der Waals surface area contributed by atoms with Gasteiger partial charge in [-0.15, -0.1) is 4.68 Å². The van der Waals surface area contributed by atoms with Gasteiger partial charge < -0.3 is 5.21 Å². The van der Waals surface area contributed by atoms with E-state index in [1.54, 1.807) is 24.3 Å². The van der Waals surface area contributed by atoms with Crippen LogP contribution in [-0.2, 0) is 6.54 Å². The standard InChI is InChI=1S/C14H13N3O3/c1-8(2)7-16-12-11(15-17(16)20)13(18)9-5-3-4-6-10(9)14(12)19/h3-6,8H,7H2,1-2H3. The molecule has 1 heterocycles.